The largest absolute Gasteiger partial charge is 0.490 e. The van der Waals surface area contributed by atoms with Crippen molar-refractivity contribution in [3.05, 3.63) is 86.7 Å². The molecule has 2 aliphatic rings. The summed E-state index contributed by atoms with van der Waals surface area (Å²) in [5.74, 6) is -0.446. The van der Waals surface area contributed by atoms with Crippen molar-refractivity contribution in [1.82, 2.24) is 5.32 Å². The third kappa shape index (κ3) is 5.16. The molecule has 0 bridgehead atoms. The number of halogens is 2. The van der Waals surface area contributed by atoms with Gasteiger partial charge in [-0.05, 0) is 48.6 Å². The predicted octanol–water partition coefficient (Wildman–Crippen LogP) is 6.22. The van der Waals surface area contributed by atoms with Crippen LogP contribution < -0.4 is 10.1 Å². The van der Waals surface area contributed by atoms with Crippen LogP contribution in [0.4, 0.5) is 0 Å². The summed E-state index contributed by atoms with van der Waals surface area (Å²) in [5.41, 5.74) is 2.90. The van der Waals surface area contributed by atoms with Crippen molar-refractivity contribution in [1.29, 1.82) is 0 Å². The van der Waals surface area contributed by atoms with Gasteiger partial charge < -0.3 is 14.8 Å². The van der Waals surface area contributed by atoms with Crippen molar-refractivity contribution in [3.63, 3.8) is 0 Å². The number of hydrogen-bond donors (Lipinski definition) is 1. The summed E-state index contributed by atoms with van der Waals surface area (Å²) in [5, 5.41) is 4.20. The van der Waals surface area contributed by atoms with E-state index < -0.39 is 11.9 Å². The zero-order valence-corrected chi connectivity index (χ0v) is 20.9. The van der Waals surface area contributed by atoms with E-state index in [9.17, 15) is 9.59 Å². The van der Waals surface area contributed by atoms with E-state index in [1.165, 1.54) is 0 Å². The summed E-state index contributed by atoms with van der Waals surface area (Å²) in [6.07, 6.45) is 1.09. The highest BCUT2D eigenvalue weighted by Crippen LogP contribution is 2.48. The molecule has 0 saturated heterocycles. The average Bonchev–Trinajstić information content (AvgIpc) is 2.75. The van der Waals surface area contributed by atoms with Crippen LogP contribution in [-0.4, -0.2) is 25.0 Å². The SMILES string of the molecule is CC1=C(C(=O)OCCOc2ccccc2)[C@H](c2ccc(Cl)cc2Cl)C2=C(CC(C)(C)CC2=O)N1. The lowest BCUT2D eigenvalue weighted by atomic mass is 9.68. The Morgan fingerprint density at radius 3 is 2.53 bits per heavy atom. The van der Waals surface area contributed by atoms with Gasteiger partial charge in [0.15, 0.2) is 5.78 Å². The third-order valence-corrected chi connectivity index (χ3v) is 6.62. The van der Waals surface area contributed by atoms with Crippen molar-refractivity contribution >= 4 is 35.0 Å². The summed E-state index contributed by atoms with van der Waals surface area (Å²) < 4.78 is 11.2. The zero-order valence-electron chi connectivity index (χ0n) is 19.4. The molecule has 7 heteroatoms. The van der Waals surface area contributed by atoms with Crippen LogP contribution in [0.15, 0.2) is 71.1 Å². The first-order valence-electron chi connectivity index (χ1n) is 11.2. The molecule has 0 aromatic heterocycles. The van der Waals surface area contributed by atoms with E-state index >= 15 is 0 Å². The van der Waals surface area contributed by atoms with Crippen LogP contribution in [0.1, 0.15) is 45.1 Å². The maximum absolute atomic E-state index is 13.3. The van der Waals surface area contributed by atoms with Crippen LogP contribution in [-0.2, 0) is 14.3 Å². The van der Waals surface area contributed by atoms with E-state index in [0.717, 1.165) is 5.70 Å². The molecule has 2 aromatic carbocycles. The zero-order chi connectivity index (χ0) is 24.5. The first kappa shape index (κ1) is 24.4. The van der Waals surface area contributed by atoms with Gasteiger partial charge in [-0.15, -0.1) is 0 Å². The molecule has 0 fully saturated rings. The van der Waals surface area contributed by atoms with E-state index in [2.05, 4.69) is 19.2 Å². The number of dihydropyridines is 1. The minimum atomic E-state index is -0.632. The van der Waals surface area contributed by atoms with Crippen molar-refractivity contribution in [2.75, 3.05) is 13.2 Å². The number of hydrogen-bond acceptors (Lipinski definition) is 5. The fourth-order valence-corrected chi connectivity index (χ4v) is 5.16. The monoisotopic (exact) mass is 499 g/mol. The average molecular weight is 500 g/mol. The Bertz CT molecular complexity index is 1180. The van der Waals surface area contributed by atoms with Gasteiger partial charge in [-0.25, -0.2) is 4.79 Å². The van der Waals surface area contributed by atoms with Crippen LogP contribution in [0, 0.1) is 5.41 Å². The maximum atomic E-state index is 13.3. The second-order valence-electron chi connectivity index (χ2n) is 9.39. The molecule has 34 heavy (non-hydrogen) atoms. The lowest BCUT2D eigenvalue weighted by Crippen LogP contribution is -2.39. The summed E-state index contributed by atoms with van der Waals surface area (Å²) >= 11 is 12.7. The van der Waals surface area contributed by atoms with Gasteiger partial charge in [0.2, 0.25) is 0 Å². The summed E-state index contributed by atoms with van der Waals surface area (Å²) in [6, 6.07) is 14.4. The van der Waals surface area contributed by atoms with E-state index in [1.807, 2.05) is 37.3 Å². The second-order valence-corrected chi connectivity index (χ2v) is 10.2. The highest BCUT2D eigenvalue weighted by Gasteiger charge is 2.43. The number of esters is 1. The fraction of sp³-hybridized carbons (Fsp3) is 0.333. The van der Waals surface area contributed by atoms with Crippen LogP contribution >= 0.6 is 23.2 Å². The first-order valence-corrected chi connectivity index (χ1v) is 12.0. The Morgan fingerprint density at radius 2 is 1.82 bits per heavy atom. The van der Waals surface area contributed by atoms with Crippen LogP contribution in [0.2, 0.25) is 10.0 Å². The number of ketones is 1. The van der Waals surface area contributed by atoms with Gasteiger partial charge >= 0.3 is 5.97 Å². The Labute approximate surface area is 209 Å². The van der Waals surface area contributed by atoms with E-state index in [-0.39, 0.29) is 24.4 Å². The number of rotatable bonds is 6. The quantitative estimate of drug-likeness (QED) is 0.377. The minimum Gasteiger partial charge on any atom is -0.490 e. The number of Topliss-reactive ketones (excluding diaryl/α,β-unsaturated/α-hetero) is 1. The molecule has 1 atom stereocenters. The summed E-state index contributed by atoms with van der Waals surface area (Å²) in [4.78, 5) is 26.6. The molecular formula is C27H27Cl2NO4. The Hall–Kier alpha value is -2.76. The highest BCUT2D eigenvalue weighted by atomic mass is 35.5. The molecule has 4 rings (SSSR count). The predicted molar refractivity (Wildman–Crippen MR) is 133 cm³/mol. The second kappa shape index (κ2) is 9.85. The minimum absolute atomic E-state index is 0.0000207. The molecule has 2 aromatic rings. The number of nitrogens with one attached hydrogen (secondary N) is 1. The Morgan fingerprint density at radius 1 is 1.09 bits per heavy atom. The van der Waals surface area contributed by atoms with Crippen molar-refractivity contribution in [2.45, 2.75) is 39.5 Å². The lowest BCUT2D eigenvalue weighted by Gasteiger charge is -2.39. The molecule has 0 amide bonds. The molecule has 1 aliphatic carbocycles. The number of ether oxygens (including phenoxy) is 2. The standard InChI is InChI=1S/C27H27Cl2NO4/c1-16-23(26(32)34-12-11-33-18-7-5-4-6-8-18)24(19-10-9-17(28)13-20(19)29)25-21(30-16)14-27(2,3)15-22(25)31/h4-10,13,24,30H,11-12,14-15H2,1-3H3/t24-/m0/s1. The van der Waals surface area contributed by atoms with Crippen LogP contribution in [0.5, 0.6) is 5.75 Å². The lowest BCUT2D eigenvalue weighted by molar-refractivity contribution is -0.140. The molecule has 5 nitrogen and oxygen atoms in total. The van der Waals surface area contributed by atoms with E-state index in [0.29, 0.717) is 51.0 Å². The molecule has 0 radical (unpaired) electrons. The normalized spacial score (nSPS) is 19.4. The molecule has 1 N–H and O–H groups in total. The van der Waals surface area contributed by atoms with Gasteiger partial charge in [0, 0.05) is 39.4 Å². The Kier molecular flexibility index (Phi) is 7.06. The van der Waals surface area contributed by atoms with Crippen molar-refractivity contribution < 1.29 is 19.1 Å². The number of para-hydroxylation sites is 1. The fourth-order valence-electron chi connectivity index (χ4n) is 4.64. The molecule has 1 aliphatic heterocycles. The third-order valence-electron chi connectivity index (χ3n) is 6.06. The molecule has 0 spiro atoms. The van der Waals surface area contributed by atoms with Crippen molar-refractivity contribution in [2.24, 2.45) is 5.41 Å². The van der Waals surface area contributed by atoms with Gasteiger partial charge in [-0.2, -0.15) is 0 Å². The maximum Gasteiger partial charge on any atom is 0.336 e. The van der Waals surface area contributed by atoms with E-state index in [4.69, 9.17) is 32.7 Å². The van der Waals surface area contributed by atoms with Crippen molar-refractivity contribution in [3.8, 4) is 5.75 Å². The first-order chi connectivity index (χ1) is 16.2. The van der Waals surface area contributed by atoms with Gasteiger partial charge in [0.05, 0.1) is 5.57 Å². The Balaban J connectivity index is 1.63. The molecule has 1 heterocycles. The number of benzene rings is 2. The smallest absolute Gasteiger partial charge is 0.336 e. The van der Waals surface area contributed by atoms with Gasteiger partial charge in [-0.1, -0.05) is 61.3 Å². The topological polar surface area (TPSA) is 64.6 Å². The van der Waals surface area contributed by atoms with Gasteiger partial charge in [0.1, 0.15) is 19.0 Å². The van der Waals surface area contributed by atoms with E-state index in [1.54, 1.807) is 18.2 Å². The summed E-state index contributed by atoms with van der Waals surface area (Å²) in [6.45, 7) is 6.23. The molecule has 178 valence electrons. The molecule has 0 saturated carbocycles. The number of allylic oxidation sites excluding steroid dienone is 3. The molecule has 0 unspecified atom stereocenters. The summed E-state index contributed by atoms with van der Waals surface area (Å²) in [7, 11) is 0. The number of carbonyl (C=O) groups is 2. The van der Waals surface area contributed by atoms with Gasteiger partial charge in [-0.3, -0.25) is 4.79 Å². The highest BCUT2D eigenvalue weighted by molar-refractivity contribution is 6.35. The van der Waals surface area contributed by atoms with Gasteiger partial charge in [0.25, 0.3) is 0 Å². The molecular weight excluding hydrogens is 473 g/mol. The number of carbonyl (C=O) groups excluding carboxylic acids is 2. The van der Waals surface area contributed by atoms with Crippen LogP contribution in [0.25, 0.3) is 0 Å². The van der Waals surface area contributed by atoms with Crippen LogP contribution in [0.3, 0.4) is 0 Å².